The lowest BCUT2D eigenvalue weighted by molar-refractivity contribution is -0.126. The van der Waals surface area contributed by atoms with Gasteiger partial charge in [0.1, 0.15) is 5.75 Å². The van der Waals surface area contributed by atoms with Crippen molar-refractivity contribution in [1.82, 2.24) is 10.2 Å². The van der Waals surface area contributed by atoms with E-state index in [1.54, 1.807) is 7.11 Å². The van der Waals surface area contributed by atoms with Crippen LogP contribution in [0.1, 0.15) is 44.9 Å². The second-order valence-corrected chi connectivity index (χ2v) is 7.64. The van der Waals surface area contributed by atoms with Crippen LogP contribution in [0.25, 0.3) is 0 Å². The number of carbonyl (C=O) groups excluding carboxylic acids is 2. The lowest BCUT2D eigenvalue weighted by atomic mass is 9.88. The van der Waals surface area contributed by atoms with E-state index < -0.39 is 0 Å². The Kier molecular flexibility index (Phi) is 6.96. The number of amides is 3. The lowest BCUT2D eigenvalue weighted by Gasteiger charge is -2.32. The number of hydrogen-bond acceptors (Lipinski definition) is 3. The van der Waals surface area contributed by atoms with Crippen LogP contribution >= 0.6 is 0 Å². The number of para-hydroxylation sites is 2. The molecule has 3 rings (SSSR count). The highest BCUT2D eigenvalue weighted by Gasteiger charge is 2.25. The molecule has 2 fully saturated rings. The quantitative estimate of drug-likeness (QED) is 0.828. The zero-order valence-corrected chi connectivity index (χ0v) is 16.2. The molecule has 6 heteroatoms. The summed E-state index contributed by atoms with van der Waals surface area (Å²) in [7, 11) is 1.60. The summed E-state index contributed by atoms with van der Waals surface area (Å²) in [6, 6.07) is 7.33. The van der Waals surface area contributed by atoms with Crippen LogP contribution in [0.2, 0.25) is 0 Å². The molecule has 0 bridgehead atoms. The number of methoxy groups -OCH3 is 1. The number of urea groups is 1. The predicted molar refractivity (Wildman–Crippen MR) is 106 cm³/mol. The monoisotopic (exact) mass is 373 g/mol. The molecule has 2 aliphatic rings. The van der Waals surface area contributed by atoms with Crippen molar-refractivity contribution in [2.75, 3.05) is 32.1 Å². The molecular weight excluding hydrogens is 342 g/mol. The summed E-state index contributed by atoms with van der Waals surface area (Å²) in [5.41, 5.74) is 0.687. The zero-order valence-electron chi connectivity index (χ0n) is 16.2. The molecule has 1 aromatic rings. The van der Waals surface area contributed by atoms with Crippen molar-refractivity contribution in [1.29, 1.82) is 0 Å². The van der Waals surface area contributed by atoms with Crippen LogP contribution in [-0.4, -0.2) is 43.6 Å². The molecule has 1 aromatic carbocycles. The van der Waals surface area contributed by atoms with Gasteiger partial charge in [-0.1, -0.05) is 31.4 Å². The summed E-state index contributed by atoms with van der Waals surface area (Å²) in [6.07, 6.45) is 7.53. The molecule has 2 N–H and O–H groups in total. The van der Waals surface area contributed by atoms with E-state index in [1.165, 1.54) is 19.3 Å². The number of likely N-dealkylation sites (tertiary alicyclic amines) is 1. The van der Waals surface area contributed by atoms with E-state index in [0.717, 1.165) is 32.2 Å². The third-order valence-corrected chi connectivity index (χ3v) is 5.79. The maximum absolute atomic E-state index is 12.5. The number of benzene rings is 1. The Balaban J connectivity index is 1.40. The van der Waals surface area contributed by atoms with Crippen molar-refractivity contribution >= 4 is 17.6 Å². The molecule has 0 aromatic heterocycles. The standard InChI is InChI=1S/C21H31N3O3/c1-27-19-10-6-5-9-18(19)23-21(26)24-13-11-16(12-14-24)15-22-20(25)17-7-3-2-4-8-17/h5-6,9-10,16-17H,2-4,7-8,11-15H2,1H3,(H,22,25)(H,23,26). The first kappa shape index (κ1) is 19.5. The fourth-order valence-corrected chi connectivity index (χ4v) is 4.04. The third-order valence-electron chi connectivity index (χ3n) is 5.79. The Hall–Kier alpha value is -2.24. The van der Waals surface area contributed by atoms with E-state index in [-0.39, 0.29) is 17.9 Å². The Morgan fingerprint density at radius 3 is 2.48 bits per heavy atom. The van der Waals surface area contributed by atoms with E-state index in [1.807, 2.05) is 29.2 Å². The summed E-state index contributed by atoms with van der Waals surface area (Å²) >= 11 is 0. The minimum Gasteiger partial charge on any atom is -0.495 e. The second-order valence-electron chi connectivity index (χ2n) is 7.64. The van der Waals surface area contributed by atoms with Crippen LogP contribution in [0.15, 0.2) is 24.3 Å². The van der Waals surface area contributed by atoms with Gasteiger partial charge in [-0.2, -0.15) is 0 Å². The van der Waals surface area contributed by atoms with Gasteiger partial charge in [0.15, 0.2) is 0 Å². The van der Waals surface area contributed by atoms with Crippen LogP contribution < -0.4 is 15.4 Å². The summed E-state index contributed by atoms with van der Waals surface area (Å²) in [4.78, 5) is 26.6. The van der Waals surface area contributed by atoms with Crippen LogP contribution in [0.5, 0.6) is 5.75 Å². The molecule has 1 saturated carbocycles. The second kappa shape index (κ2) is 9.62. The lowest BCUT2D eigenvalue weighted by Crippen LogP contribution is -2.44. The molecule has 1 aliphatic heterocycles. The fraction of sp³-hybridized carbons (Fsp3) is 0.619. The number of hydrogen-bond donors (Lipinski definition) is 2. The van der Waals surface area contributed by atoms with Crippen LogP contribution in [0, 0.1) is 11.8 Å². The molecule has 27 heavy (non-hydrogen) atoms. The smallest absolute Gasteiger partial charge is 0.321 e. The van der Waals surface area contributed by atoms with Crippen LogP contribution in [0.4, 0.5) is 10.5 Å². The van der Waals surface area contributed by atoms with Crippen molar-refractivity contribution in [3.05, 3.63) is 24.3 Å². The number of nitrogens with one attached hydrogen (secondary N) is 2. The van der Waals surface area contributed by atoms with Crippen molar-refractivity contribution in [2.24, 2.45) is 11.8 Å². The van der Waals surface area contributed by atoms with Gasteiger partial charge >= 0.3 is 6.03 Å². The summed E-state index contributed by atoms with van der Waals surface area (Å²) in [6.45, 7) is 2.16. The van der Waals surface area contributed by atoms with Gasteiger partial charge in [0.2, 0.25) is 5.91 Å². The molecule has 0 radical (unpaired) electrons. The average molecular weight is 373 g/mol. The molecule has 1 heterocycles. The third kappa shape index (κ3) is 5.37. The normalized spacial score (nSPS) is 18.8. The molecule has 148 valence electrons. The molecule has 3 amide bonds. The van der Waals surface area contributed by atoms with Gasteiger partial charge in [-0.15, -0.1) is 0 Å². The average Bonchev–Trinajstić information content (AvgIpc) is 2.73. The first-order chi connectivity index (χ1) is 13.2. The molecule has 0 spiro atoms. The van der Waals surface area contributed by atoms with Crippen molar-refractivity contribution in [2.45, 2.75) is 44.9 Å². The fourth-order valence-electron chi connectivity index (χ4n) is 4.04. The highest BCUT2D eigenvalue weighted by molar-refractivity contribution is 5.91. The minimum atomic E-state index is -0.0933. The first-order valence-corrected chi connectivity index (χ1v) is 10.1. The highest BCUT2D eigenvalue weighted by Crippen LogP contribution is 2.25. The van der Waals surface area contributed by atoms with Gasteiger partial charge in [-0.05, 0) is 43.7 Å². The SMILES string of the molecule is COc1ccccc1NC(=O)N1CCC(CNC(=O)C2CCCCC2)CC1. The van der Waals surface area contributed by atoms with Gasteiger partial charge in [-0.25, -0.2) is 4.79 Å². The number of piperidine rings is 1. The van der Waals surface area contributed by atoms with Crippen molar-refractivity contribution in [3.63, 3.8) is 0 Å². The predicted octanol–water partition coefficient (Wildman–Crippen LogP) is 3.64. The van der Waals surface area contributed by atoms with E-state index >= 15 is 0 Å². The van der Waals surface area contributed by atoms with Crippen molar-refractivity contribution < 1.29 is 14.3 Å². The van der Waals surface area contributed by atoms with E-state index in [2.05, 4.69) is 10.6 Å². The Labute approximate surface area is 161 Å². The molecule has 1 aliphatic carbocycles. The van der Waals surface area contributed by atoms with Crippen LogP contribution in [0.3, 0.4) is 0 Å². The number of nitrogens with zero attached hydrogens (tertiary/aromatic N) is 1. The van der Waals surface area contributed by atoms with Gasteiger partial charge in [0, 0.05) is 25.6 Å². The Morgan fingerprint density at radius 1 is 1.07 bits per heavy atom. The van der Waals surface area contributed by atoms with Crippen molar-refractivity contribution in [3.8, 4) is 5.75 Å². The molecular formula is C21H31N3O3. The summed E-state index contributed by atoms with van der Waals surface area (Å²) in [5, 5.41) is 6.08. The zero-order chi connectivity index (χ0) is 19.1. The van der Waals surface area contributed by atoms with E-state index in [4.69, 9.17) is 4.74 Å². The van der Waals surface area contributed by atoms with E-state index in [9.17, 15) is 9.59 Å². The number of rotatable bonds is 5. The topological polar surface area (TPSA) is 70.7 Å². The summed E-state index contributed by atoms with van der Waals surface area (Å²) in [5.74, 6) is 1.55. The van der Waals surface area contributed by atoms with Crippen LogP contribution in [-0.2, 0) is 4.79 Å². The van der Waals surface area contributed by atoms with Gasteiger partial charge in [0.05, 0.1) is 12.8 Å². The van der Waals surface area contributed by atoms with Gasteiger partial charge in [0.25, 0.3) is 0 Å². The molecule has 6 nitrogen and oxygen atoms in total. The number of anilines is 1. The van der Waals surface area contributed by atoms with E-state index in [0.29, 0.717) is 30.4 Å². The Bertz CT molecular complexity index is 635. The molecule has 0 unspecified atom stereocenters. The molecule has 1 saturated heterocycles. The van der Waals surface area contributed by atoms with Gasteiger partial charge in [-0.3, -0.25) is 4.79 Å². The number of carbonyl (C=O) groups is 2. The largest absolute Gasteiger partial charge is 0.495 e. The highest BCUT2D eigenvalue weighted by atomic mass is 16.5. The minimum absolute atomic E-state index is 0.0933. The maximum atomic E-state index is 12.5. The maximum Gasteiger partial charge on any atom is 0.321 e. The van der Waals surface area contributed by atoms with Gasteiger partial charge < -0.3 is 20.3 Å². The Morgan fingerprint density at radius 2 is 1.78 bits per heavy atom. The first-order valence-electron chi connectivity index (χ1n) is 10.1. The number of ether oxygens (including phenoxy) is 1. The summed E-state index contributed by atoms with van der Waals surface area (Å²) < 4.78 is 5.28. The molecule has 0 atom stereocenters.